The summed E-state index contributed by atoms with van der Waals surface area (Å²) in [7, 11) is 0. The van der Waals surface area contributed by atoms with Gasteiger partial charge in [-0.15, -0.1) is 24.0 Å². The Bertz CT molecular complexity index is 678. The first kappa shape index (κ1) is 21.5. The molecule has 0 saturated carbocycles. The van der Waals surface area contributed by atoms with E-state index >= 15 is 0 Å². The molecule has 0 bridgehead atoms. The summed E-state index contributed by atoms with van der Waals surface area (Å²) in [6.45, 7) is 7.71. The van der Waals surface area contributed by atoms with Gasteiger partial charge in [-0.3, -0.25) is 0 Å². The third-order valence-electron chi connectivity index (χ3n) is 3.99. The van der Waals surface area contributed by atoms with Crippen molar-refractivity contribution in [1.29, 1.82) is 0 Å². The summed E-state index contributed by atoms with van der Waals surface area (Å²) in [5.41, 5.74) is 10.3. The Morgan fingerprint density at radius 1 is 1.20 bits per heavy atom. The normalized spacial score (nSPS) is 11.2. The number of hydrogen-bond acceptors (Lipinski definition) is 2. The van der Waals surface area contributed by atoms with Crippen LogP contribution in [0.3, 0.4) is 0 Å². The standard InChI is InChI=1S/C19H29N5.HI/c1-4-5-6-9-12-21-19(20)22-14-17-10-7-8-11-18(17)24-16(3)13-15(2)23-24;/h7-8,10-11,13H,4-6,9,12,14H2,1-3H3,(H3,20,21,22);1H. The van der Waals surface area contributed by atoms with E-state index in [2.05, 4.69) is 47.5 Å². The summed E-state index contributed by atoms with van der Waals surface area (Å²) in [6.07, 6.45) is 4.88. The van der Waals surface area contributed by atoms with Crippen LogP contribution in [0.15, 0.2) is 35.3 Å². The number of guanidine groups is 1. The van der Waals surface area contributed by atoms with Gasteiger partial charge in [0.1, 0.15) is 0 Å². The van der Waals surface area contributed by atoms with Gasteiger partial charge in [0.25, 0.3) is 0 Å². The second-order valence-corrected chi connectivity index (χ2v) is 6.16. The van der Waals surface area contributed by atoms with Gasteiger partial charge in [-0.25, -0.2) is 9.67 Å². The molecule has 0 fully saturated rings. The van der Waals surface area contributed by atoms with E-state index in [4.69, 9.17) is 5.73 Å². The fourth-order valence-corrected chi connectivity index (χ4v) is 2.72. The fourth-order valence-electron chi connectivity index (χ4n) is 2.72. The van der Waals surface area contributed by atoms with Crippen LogP contribution in [0.5, 0.6) is 0 Å². The molecule has 25 heavy (non-hydrogen) atoms. The van der Waals surface area contributed by atoms with Crippen molar-refractivity contribution in [3.63, 3.8) is 0 Å². The molecule has 0 aliphatic heterocycles. The molecule has 1 heterocycles. The van der Waals surface area contributed by atoms with Crippen molar-refractivity contribution >= 4 is 29.9 Å². The smallest absolute Gasteiger partial charge is 0.188 e. The predicted octanol–water partition coefficient (Wildman–Crippen LogP) is 4.09. The Balaban J connectivity index is 0.00000312. The number of para-hydroxylation sites is 1. The fraction of sp³-hybridized carbons (Fsp3) is 0.474. The Morgan fingerprint density at radius 2 is 1.96 bits per heavy atom. The molecule has 0 aliphatic carbocycles. The number of halogens is 1. The van der Waals surface area contributed by atoms with E-state index in [1.165, 1.54) is 19.3 Å². The average molecular weight is 455 g/mol. The lowest BCUT2D eigenvalue weighted by atomic mass is 10.2. The Labute approximate surface area is 168 Å². The summed E-state index contributed by atoms with van der Waals surface area (Å²) in [6, 6.07) is 10.3. The number of rotatable bonds is 8. The molecule has 0 amide bonds. The van der Waals surface area contributed by atoms with Gasteiger partial charge in [0, 0.05) is 12.2 Å². The van der Waals surface area contributed by atoms with Crippen molar-refractivity contribution in [3.05, 3.63) is 47.3 Å². The summed E-state index contributed by atoms with van der Waals surface area (Å²) >= 11 is 0. The van der Waals surface area contributed by atoms with E-state index < -0.39 is 0 Å². The van der Waals surface area contributed by atoms with Crippen LogP contribution in [-0.2, 0) is 6.54 Å². The maximum Gasteiger partial charge on any atom is 0.188 e. The van der Waals surface area contributed by atoms with Gasteiger partial charge in [0.15, 0.2) is 5.96 Å². The number of benzene rings is 1. The van der Waals surface area contributed by atoms with Gasteiger partial charge in [-0.1, -0.05) is 44.4 Å². The Hall–Kier alpha value is -1.57. The van der Waals surface area contributed by atoms with Crippen LogP contribution in [0.25, 0.3) is 5.69 Å². The van der Waals surface area contributed by atoms with Gasteiger partial charge >= 0.3 is 0 Å². The molecule has 0 unspecified atom stereocenters. The second-order valence-electron chi connectivity index (χ2n) is 6.16. The highest BCUT2D eigenvalue weighted by atomic mass is 127. The molecule has 6 heteroatoms. The number of aromatic nitrogens is 2. The third-order valence-corrected chi connectivity index (χ3v) is 3.99. The maximum absolute atomic E-state index is 5.98. The highest BCUT2D eigenvalue weighted by molar-refractivity contribution is 14.0. The van der Waals surface area contributed by atoms with Gasteiger partial charge in [-0.2, -0.15) is 5.10 Å². The largest absolute Gasteiger partial charge is 0.370 e. The molecular formula is C19H30IN5. The lowest BCUT2D eigenvalue weighted by molar-refractivity contribution is 0.652. The zero-order chi connectivity index (χ0) is 17.4. The van der Waals surface area contributed by atoms with E-state index in [-0.39, 0.29) is 24.0 Å². The van der Waals surface area contributed by atoms with E-state index in [0.717, 1.165) is 35.6 Å². The SMILES string of the molecule is CCCCCCNC(N)=NCc1ccccc1-n1nc(C)cc1C.I. The van der Waals surface area contributed by atoms with Crippen molar-refractivity contribution in [3.8, 4) is 5.69 Å². The maximum atomic E-state index is 5.98. The molecule has 138 valence electrons. The first-order chi connectivity index (χ1) is 11.6. The number of nitrogens with zero attached hydrogens (tertiary/aromatic N) is 3. The van der Waals surface area contributed by atoms with Crippen LogP contribution in [0.2, 0.25) is 0 Å². The molecule has 0 spiro atoms. The number of unbranched alkanes of at least 4 members (excludes halogenated alkanes) is 3. The quantitative estimate of drug-likeness (QED) is 0.273. The number of nitrogens with one attached hydrogen (secondary N) is 1. The van der Waals surface area contributed by atoms with Crippen LogP contribution < -0.4 is 11.1 Å². The van der Waals surface area contributed by atoms with E-state index in [1.807, 2.05) is 23.7 Å². The average Bonchev–Trinajstić information content (AvgIpc) is 2.91. The highest BCUT2D eigenvalue weighted by Crippen LogP contribution is 2.17. The zero-order valence-electron chi connectivity index (χ0n) is 15.5. The topological polar surface area (TPSA) is 68.2 Å². The molecule has 1 aromatic heterocycles. The molecular weight excluding hydrogens is 425 g/mol. The second kappa shape index (κ2) is 11.1. The van der Waals surface area contributed by atoms with E-state index in [1.54, 1.807) is 0 Å². The Kier molecular flexibility index (Phi) is 9.55. The lowest BCUT2D eigenvalue weighted by Gasteiger charge is -2.10. The molecule has 5 nitrogen and oxygen atoms in total. The lowest BCUT2D eigenvalue weighted by Crippen LogP contribution is -2.32. The highest BCUT2D eigenvalue weighted by Gasteiger charge is 2.08. The predicted molar refractivity (Wildman–Crippen MR) is 116 cm³/mol. The molecule has 3 N–H and O–H groups in total. The number of aliphatic imine (C=N–C) groups is 1. The monoisotopic (exact) mass is 455 g/mol. The van der Waals surface area contributed by atoms with Crippen LogP contribution >= 0.6 is 24.0 Å². The summed E-state index contributed by atoms with van der Waals surface area (Å²) in [4.78, 5) is 4.48. The molecule has 1 aromatic carbocycles. The van der Waals surface area contributed by atoms with Gasteiger partial charge in [-0.05, 0) is 38.0 Å². The van der Waals surface area contributed by atoms with Gasteiger partial charge in [0.05, 0.1) is 17.9 Å². The van der Waals surface area contributed by atoms with E-state index in [0.29, 0.717) is 12.5 Å². The summed E-state index contributed by atoms with van der Waals surface area (Å²) in [5, 5.41) is 7.76. The van der Waals surface area contributed by atoms with Crippen molar-refractivity contribution in [2.24, 2.45) is 10.7 Å². The van der Waals surface area contributed by atoms with Gasteiger partial charge in [0.2, 0.25) is 0 Å². The molecule has 2 rings (SSSR count). The Morgan fingerprint density at radius 3 is 2.64 bits per heavy atom. The first-order valence-electron chi connectivity index (χ1n) is 8.77. The number of hydrogen-bond donors (Lipinski definition) is 2. The van der Waals surface area contributed by atoms with Crippen molar-refractivity contribution in [1.82, 2.24) is 15.1 Å². The molecule has 0 radical (unpaired) electrons. The van der Waals surface area contributed by atoms with Crippen molar-refractivity contribution in [2.45, 2.75) is 53.0 Å². The van der Waals surface area contributed by atoms with Gasteiger partial charge < -0.3 is 11.1 Å². The van der Waals surface area contributed by atoms with Crippen LogP contribution in [0, 0.1) is 13.8 Å². The number of nitrogens with two attached hydrogens (primary N) is 1. The first-order valence-corrected chi connectivity index (χ1v) is 8.77. The minimum absolute atomic E-state index is 0. The minimum atomic E-state index is 0. The molecule has 2 aromatic rings. The third kappa shape index (κ3) is 6.68. The number of aryl methyl sites for hydroxylation is 2. The minimum Gasteiger partial charge on any atom is -0.370 e. The summed E-state index contributed by atoms with van der Waals surface area (Å²) < 4.78 is 1.97. The van der Waals surface area contributed by atoms with Crippen molar-refractivity contribution < 1.29 is 0 Å². The summed E-state index contributed by atoms with van der Waals surface area (Å²) in [5.74, 6) is 0.509. The van der Waals surface area contributed by atoms with Crippen molar-refractivity contribution in [2.75, 3.05) is 6.54 Å². The van der Waals surface area contributed by atoms with Crippen LogP contribution in [0.1, 0.15) is 49.6 Å². The molecule has 0 atom stereocenters. The zero-order valence-corrected chi connectivity index (χ0v) is 17.8. The molecule has 0 saturated heterocycles. The molecule has 0 aliphatic rings. The van der Waals surface area contributed by atoms with Crippen LogP contribution in [-0.4, -0.2) is 22.3 Å². The van der Waals surface area contributed by atoms with E-state index in [9.17, 15) is 0 Å². The van der Waals surface area contributed by atoms with Crippen LogP contribution in [0.4, 0.5) is 0 Å².